The van der Waals surface area contributed by atoms with Crippen molar-refractivity contribution in [1.82, 2.24) is 4.31 Å². The minimum atomic E-state index is -3.58. The van der Waals surface area contributed by atoms with Crippen molar-refractivity contribution in [1.29, 1.82) is 0 Å². The van der Waals surface area contributed by atoms with Crippen molar-refractivity contribution in [2.45, 2.75) is 25.5 Å². The van der Waals surface area contributed by atoms with Crippen LogP contribution in [0.25, 0.3) is 6.08 Å². The molecule has 0 unspecified atom stereocenters. The molecule has 0 amide bonds. The molecule has 20 heavy (non-hydrogen) atoms. The van der Waals surface area contributed by atoms with Crippen LogP contribution in [0.2, 0.25) is 0 Å². The van der Waals surface area contributed by atoms with E-state index in [0.717, 1.165) is 16.5 Å². The number of nitrogens with zero attached hydrogens (tertiary/aromatic N) is 1. The highest BCUT2D eigenvalue weighted by atomic mass is 32.2. The first kappa shape index (κ1) is 13.3. The second-order valence-electron chi connectivity index (χ2n) is 5.14. The van der Waals surface area contributed by atoms with Gasteiger partial charge in [0.15, 0.2) is 0 Å². The molecule has 0 spiro atoms. The predicted molar refractivity (Wildman–Crippen MR) is 74.1 cm³/mol. The first-order valence-electron chi connectivity index (χ1n) is 6.43. The summed E-state index contributed by atoms with van der Waals surface area (Å²) >= 11 is 0. The number of benzene rings is 1. The number of hydrogen-bond donors (Lipinski definition) is 0. The Bertz CT molecular complexity index is 663. The van der Waals surface area contributed by atoms with Crippen LogP contribution < -0.4 is 0 Å². The fourth-order valence-corrected chi connectivity index (χ4v) is 3.90. The Kier molecular flexibility index (Phi) is 3.14. The van der Waals surface area contributed by atoms with Crippen molar-refractivity contribution in [3.05, 3.63) is 40.8 Å². The van der Waals surface area contributed by atoms with Crippen molar-refractivity contribution >= 4 is 22.1 Å². The van der Waals surface area contributed by atoms with Gasteiger partial charge >= 0.3 is 5.97 Å². The standard InChI is InChI=1S/C14H15NO4S/c1-10-2-4-11(5-3-10)6-7-20(17,18)15-9-12-8-13(15)14(16)19-12/h2-7,12-13H,8-9H2,1H3/b7-6+/t12-,13+/m0/s1. The van der Waals surface area contributed by atoms with Gasteiger partial charge in [-0.3, -0.25) is 4.79 Å². The van der Waals surface area contributed by atoms with E-state index in [1.54, 1.807) is 6.08 Å². The minimum Gasteiger partial charge on any atom is -0.460 e. The van der Waals surface area contributed by atoms with Crippen LogP contribution >= 0.6 is 0 Å². The van der Waals surface area contributed by atoms with Crippen LogP contribution in [0.1, 0.15) is 17.5 Å². The van der Waals surface area contributed by atoms with Crippen molar-refractivity contribution in [2.75, 3.05) is 6.54 Å². The lowest BCUT2D eigenvalue weighted by molar-refractivity contribution is -0.148. The van der Waals surface area contributed by atoms with Gasteiger partial charge in [0.25, 0.3) is 0 Å². The van der Waals surface area contributed by atoms with E-state index < -0.39 is 22.0 Å². The summed E-state index contributed by atoms with van der Waals surface area (Å²) in [6, 6.07) is 6.90. The van der Waals surface area contributed by atoms with Gasteiger partial charge in [0.2, 0.25) is 10.0 Å². The fraction of sp³-hybridized carbons (Fsp3) is 0.357. The molecule has 6 heteroatoms. The van der Waals surface area contributed by atoms with Crippen molar-refractivity contribution in [2.24, 2.45) is 0 Å². The van der Waals surface area contributed by atoms with Crippen molar-refractivity contribution < 1.29 is 17.9 Å². The second kappa shape index (κ2) is 4.71. The van der Waals surface area contributed by atoms with E-state index >= 15 is 0 Å². The average Bonchev–Trinajstić information content (AvgIpc) is 2.97. The molecule has 0 radical (unpaired) electrons. The summed E-state index contributed by atoms with van der Waals surface area (Å²) in [7, 11) is -3.58. The summed E-state index contributed by atoms with van der Waals surface area (Å²) in [5.41, 5.74) is 1.93. The Hall–Kier alpha value is -1.66. The van der Waals surface area contributed by atoms with Crippen LogP contribution in [0.15, 0.2) is 29.7 Å². The smallest absolute Gasteiger partial charge is 0.324 e. The van der Waals surface area contributed by atoms with Gasteiger partial charge in [0.05, 0.1) is 6.54 Å². The van der Waals surface area contributed by atoms with Gasteiger partial charge in [0.1, 0.15) is 12.1 Å². The Morgan fingerprint density at radius 3 is 2.60 bits per heavy atom. The number of esters is 1. The molecular weight excluding hydrogens is 278 g/mol. The summed E-state index contributed by atoms with van der Waals surface area (Å²) in [6.45, 7) is 2.23. The highest BCUT2D eigenvalue weighted by Gasteiger charge is 2.50. The number of carbonyl (C=O) groups is 1. The number of rotatable bonds is 3. The number of morpholine rings is 1. The summed E-state index contributed by atoms with van der Waals surface area (Å²) in [6.07, 6.45) is 1.73. The second-order valence-corrected chi connectivity index (χ2v) is 6.91. The Morgan fingerprint density at radius 1 is 1.30 bits per heavy atom. The Balaban J connectivity index is 1.79. The Morgan fingerprint density at radius 2 is 2.00 bits per heavy atom. The van der Waals surface area contributed by atoms with Gasteiger partial charge in [-0.1, -0.05) is 29.8 Å². The van der Waals surface area contributed by atoms with Gasteiger partial charge in [-0.2, -0.15) is 4.31 Å². The molecule has 2 aliphatic rings. The highest BCUT2D eigenvalue weighted by Crippen LogP contribution is 2.31. The van der Waals surface area contributed by atoms with Gasteiger partial charge in [0, 0.05) is 11.8 Å². The van der Waals surface area contributed by atoms with E-state index in [9.17, 15) is 13.2 Å². The topological polar surface area (TPSA) is 63.7 Å². The van der Waals surface area contributed by atoms with E-state index in [-0.39, 0.29) is 12.6 Å². The lowest BCUT2D eigenvalue weighted by Crippen LogP contribution is -2.43. The molecule has 0 aliphatic carbocycles. The molecule has 2 bridgehead atoms. The molecule has 2 saturated heterocycles. The number of carbonyl (C=O) groups excluding carboxylic acids is 1. The van der Waals surface area contributed by atoms with E-state index in [0.29, 0.717) is 6.42 Å². The number of fused-ring (bicyclic) bond motifs is 2. The molecule has 2 fully saturated rings. The minimum absolute atomic E-state index is 0.261. The number of hydrogen-bond acceptors (Lipinski definition) is 4. The first-order valence-corrected chi connectivity index (χ1v) is 7.93. The van der Waals surface area contributed by atoms with Crippen LogP contribution in [0.5, 0.6) is 0 Å². The predicted octanol–water partition coefficient (Wildman–Crippen LogP) is 1.30. The van der Waals surface area contributed by atoms with Gasteiger partial charge < -0.3 is 4.74 Å². The molecule has 2 aliphatic heterocycles. The molecule has 2 heterocycles. The number of sulfonamides is 1. The van der Waals surface area contributed by atoms with Crippen LogP contribution in [0.3, 0.4) is 0 Å². The van der Waals surface area contributed by atoms with Crippen molar-refractivity contribution in [3.8, 4) is 0 Å². The average molecular weight is 293 g/mol. The van der Waals surface area contributed by atoms with Crippen LogP contribution in [-0.4, -0.2) is 37.4 Å². The molecule has 1 aromatic rings. The summed E-state index contributed by atoms with van der Waals surface area (Å²) in [4.78, 5) is 11.5. The van der Waals surface area contributed by atoms with E-state index in [2.05, 4.69) is 0 Å². The normalized spacial score (nSPS) is 26.4. The lowest BCUT2D eigenvalue weighted by Gasteiger charge is -2.23. The maximum absolute atomic E-state index is 12.2. The molecule has 2 atom stereocenters. The largest absolute Gasteiger partial charge is 0.460 e. The van der Waals surface area contributed by atoms with E-state index in [4.69, 9.17) is 4.74 Å². The molecular formula is C14H15NO4S. The summed E-state index contributed by atoms with van der Waals surface area (Å²) < 4.78 is 30.7. The molecule has 0 aromatic heterocycles. The van der Waals surface area contributed by atoms with Crippen LogP contribution in [-0.2, 0) is 19.6 Å². The third-order valence-electron chi connectivity index (χ3n) is 3.61. The third-order valence-corrected chi connectivity index (χ3v) is 5.15. The third kappa shape index (κ3) is 2.36. The maximum Gasteiger partial charge on any atom is 0.324 e. The zero-order valence-electron chi connectivity index (χ0n) is 11.0. The first-order chi connectivity index (χ1) is 9.45. The highest BCUT2D eigenvalue weighted by molar-refractivity contribution is 7.92. The van der Waals surface area contributed by atoms with Crippen LogP contribution in [0.4, 0.5) is 0 Å². The number of ether oxygens (including phenoxy) is 1. The zero-order valence-corrected chi connectivity index (χ0v) is 11.8. The molecule has 1 aromatic carbocycles. The van der Waals surface area contributed by atoms with Gasteiger partial charge in [-0.05, 0) is 18.6 Å². The Labute approximate surface area is 117 Å². The van der Waals surface area contributed by atoms with Crippen molar-refractivity contribution in [3.63, 3.8) is 0 Å². The molecule has 0 saturated carbocycles. The van der Waals surface area contributed by atoms with Gasteiger partial charge in [-0.15, -0.1) is 0 Å². The molecule has 106 valence electrons. The molecule has 3 rings (SSSR count). The lowest BCUT2D eigenvalue weighted by atomic mass is 10.2. The zero-order chi connectivity index (χ0) is 14.3. The van der Waals surface area contributed by atoms with Gasteiger partial charge in [-0.25, -0.2) is 8.42 Å². The molecule has 5 nitrogen and oxygen atoms in total. The fourth-order valence-electron chi connectivity index (χ4n) is 2.51. The van der Waals surface area contributed by atoms with Crippen LogP contribution in [0, 0.1) is 6.92 Å². The molecule has 0 N–H and O–H groups in total. The van der Waals surface area contributed by atoms with E-state index in [1.807, 2.05) is 31.2 Å². The summed E-state index contributed by atoms with van der Waals surface area (Å²) in [5.74, 6) is -0.437. The maximum atomic E-state index is 12.2. The SMILES string of the molecule is Cc1ccc(/C=C/S(=O)(=O)N2C[C@@H]3C[C@@H]2C(=O)O3)cc1. The number of aryl methyl sites for hydroxylation is 1. The quantitative estimate of drug-likeness (QED) is 0.788. The van der Waals surface area contributed by atoms with E-state index in [1.165, 1.54) is 4.31 Å². The summed E-state index contributed by atoms with van der Waals surface area (Å²) in [5, 5.41) is 1.16. The monoisotopic (exact) mass is 293 g/mol.